The van der Waals surface area contributed by atoms with Crippen LogP contribution in [-0.4, -0.2) is 16.6 Å². The van der Waals surface area contributed by atoms with Crippen molar-refractivity contribution in [2.24, 2.45) is 0 Å². The summed E-state index contributed by atoms with van der Waals surface area (Å²) in [7, 11) is 0. The van der Waals surface area contributed by atoms with E-state index in [-0.39, 0.29) is 22.8 Å². The number of benzene rings is 1. The normalized spacial score (nSPS) is 17.6. The number of rotatable bonds is 2. The number of hydrogen-bond donors (Lipinski definition) is 2. The third kappa shape index (κ3) is 2.14. The van der Waals surface area contributed by atoms with Gasteiger partial charge in [0, 0.05) is 10.6 Å². The molecule has 4 heteroatoms. The molecule has 0 heterocycles. The maximum absolute atomic E-state index is 11.9. The van der Waals surface area contributed by atoms with Crippen molar-refractivity contribution in [1.29, 1.82) is 0 Å². The fraction of sp³-hybridized carbons (Fsp3) is 0.417. The smallest absolute Gasteiger partial charge is 0.255 e. The monoisotopic (exact) mass is 239 g/mol. The highest BCUT2D eigenvalue weighted by Gasteiger charge is 2.33. The van der Waals surface area contributed by atoms with E-state index in [1.54, 1.807) is 6.07 Å². The Morgan fingerprint density at radius 3 is 2.75 bits per heavy atom. The van der Waals surface area contributed by atoms with Crippen LogP contribution in [0.5, 0.6) is 5.75 Å². The molecule has 3 nitrogen and oxygen atoms in total. The Bertz CT molecular complexity index is 427. The first-order valence-electron chi connectivity index (χ1n) is 5.31. The topological polar surface area (TPSA) is 49.3 Å². The highest BCUT2D eigenvalue weighted by atomic mass is 35.5. The van der Waals surface area contributed by atoms with Crippen LogP contribution < -0.4 is 5.32 Å². The van der Waals surface area contributed by atoms with E-state index in [0.717, 1.165) is 19.3 Å². The molecule has 0 aliphatic heterocycles. The Labute approximate surface area is 99.4 Å². The molecule has 2 rings (SSSR count). The first kappa shape index (κ1) is 11.3. The van der Waals surface area contributed by atoms with Gasteiger partial charge in [-0.2, -0.15) is 0 Å². The number of phenolic OH excluding ortho intramolecular Hbond substituents is 1. The van der Waals surface area contributed by atoms with Crippen LogP contribution >= 0.6 is 11.6 Å². The summed E-state index contributed by atoms with van der Waals surface area (Å²) < 4.78 is 0. The van der Waals surface area contributed by atoms with Crippen molar-refractivity contribution in [2.45, 2.75) is 31.7 Å². The first-order chi connectivity index (χ1) is 7.50. The van der Waals surface area contributed by atoms with Crippen LogP contribution in [0.1, 0.15) is 36.5 Å². The molecule has 0 unspecified atom stereocenters. The van der Waals surface area contributed by atoms with Crippen molar-refractivity contribution < 1.29 is 9.90 Å². The van der Waals surface area contributed by atoms with E-state index in [1.807, 2.05) is 6.92 Å². The Morgan fingerprint density at radius 1 is 1.50 bits per heavy atom. The molecule has 0 saturated heterocycles. The molecule has 1 amide bonds. The lowest BCUT2D eigenvalue weighted by atomic mass is 9.78. The molecule has 0 radical (unpaired) electrons. The molecule has 0 atom stereocenters. The second-order valence-corrected chi connectivity index (χ2v) is 4.97. The molecule has 1 aliphatic carbocycles. The Kier molecular flexibility index (Phi) is 2.80. The van der Waals surface area contributed by atoms with E-state index < -0.39 is 0 Å². The van der Waals surface area contributed by atoms with Gasteiger partial charge in [0.1, 0.15) is 5.75 Å². The van der Waals surface area contributed by atoms with E-state index in [9.17, 15) is 9.90 Å². The van der Waals surface area contributed by atoms with E-state index in [1.165, 1.54) is 12.1 Å². The van der Waals surface area contributed by atoms with E-state index in [4.69, 9.17) is 11.6 Å². The minimum absolute atomic E-state index is 0.0372. The van der Waals surface area contributed by atoms with E-state index >= 15 is 0 Å². The number of aromatic hydroxyl groups is 1. The van der Waals surface area contributed by atoms with Crippen LogP contribution in [-0.2, 0) is 0 Å². The summed E-state index contributed by atoms with van der Waals surface area (Å²) in [4.78, 5) is 11.9. The standard InChI is InChI=1S/C12H14ClNO2/c1-12(5-2-6-12)14-11(16)9-7-8(13)3-4-10(9)15/h3-4,7,15H,2,5-6H2,1H3,(H,14,16). The van der Waals surface area contributed by atoms with Gasteiger partial charge in [-0.05, 0) is 44.4 Å². The average Bonchev–Trinajstić information content (AvgIpc) is 2.19. The van der Waals surface area contributed by atoms with Crippen molar-refractivity contribution in [2.75, 3.05) is 0 Å². The molecule has 1 aromatic carbocycles. The van der Waals surface area contributed by atoms with Crippen molar-refractivity contribution in [3.63, 3.8) is 0 Å². The number of carbonyl (C=O) groups excluding carboxylic acids is 1. The maximum Gasteiger partial charge on any atom is 0.255 e. The fourth-order valence-corrected chi connectivity index (χ4v) is 2.04. The van der Waals surface area contributed by atoms with Crippen molar-refractivity contribution in [3.8, 4) is 5.75 Å². The largest absolute Gasteiger partial charge is 0.507 e. The third-order valence-corrected chi connectivity index (χ3v) is 3.31. The van der Waals surface area contributed by atoms with Gasteiger partial charge in [-0.3, -0.25) is 4.79 Å². The van der Waals surface area contributed by atoms with E-state index in [0.29, 0.717) is 5.02 Å². The number of halogens is 1. The summed E-state index contributed by atoms with van der Waals surface area (Å²) in [5, 5.41) is 12.9. The van der Waals surface area contributed by atoms with Crippen LogP contribution in [0.15, 0.2) is 18.2 Å². The number of nitrogens with one attached hydrogen (secondary N) is 1. The molecule has 1 fully saturated rings. The van der Waals surface area contributed by atoms with Crippen LogP contribution in [0.2, 0.25) is 5.02 Å². The highest BCUT2D eigenvalue weighted by molar-refractivity contribution is 6.31. The summed E-state index contributed by atoms with van der Waals surface area (Å²) in [6.07, 6.45) is 3.11. The molecule has 2 N–H and O–H groups in total. The lowest BCUT2D eigenvalue weighted by molar-refractivity contribution is 0.0848. The molecule has 0 aromatic heterocycles. The average molecular weight is 240 g/mol. The van der Waals surface area contributed by atoms with Gasteiger partial charge in [0.2, 0.25) is 0 Å². The zero-order valence-corrected chi connectivity index (χ0v) is 9.84. The zero-order chi connectivity index (χ0) is 11.8. The van der Waals surface area contributed by atoms with Crippen LogP contribution in [0.25, 0.3) is 0 Å². The Hall–Kier alpha value is -1.22. The van der Waals surface area contributed by atoms with Gasteiger partial charge in [0.05, 0.1) is 5.56 Å². The predicted octanol–water partition coefficient (Wildman–Crippen LogP) is 2.72. The number of amides is 1. The molecule has 1 aromatic rings. The summed E-state index contributed by atoms with van der Waals surface area (Å²) >= 11 is 5.79. The van der Waals surface area contributed by atoms with Gasteiger partial charge in [0.25, 0.3) is 5.91 Å². The minimum Gasteiger partial charge on any atom is -0.507 e. The SMILES string of the molecule is CC1(NC(=O)c2cc(Cl)ccc2O)CCC1. The second kappa shape index (κ2) is 3.98. The highest BCUT2D eigenvalue weighted by Crippen LogP contribution is 2.32. The minimum atomic E-state index is -0.262. The molecule has 86 valence electrons. The van der Waals surface area contributed by atoms with Gasteiger partial charge in [-0.1, -0.05) is 11.6 Å². The lowest BCUT2D eigenvalue weighted by Crippen LogP contribution is -2.50. The predicted molar refractivity (Wildman–Crippen MR) is 62.8 cm³/mol. The number of hydrogen-bond acceptors (Lipinski definition) is 2. The van der Waals surface area contributed by atoms with Crippen molar-refractivity contribution in [1.82, 2.24) is 5.32 Å². The van der Waals surface area contributed by atoms with Gasteiger partial charge < -0.3 is 10.4 Å². The van der Waals surface area contributed by atoms with Gasteiger partial charge in [-0.25, -0.2) is 0 Å². The van der Waals surface area contributed by atoms with Crippen LogP contribution in [0.4, 0.5) is 0 Å². The fourth-order valence-electron chi connectivity index (χ4n) is 1.86. The molecular formula is C12H14ClNO2. The Balaban J connectivity index is 2.17. The summed E-state index contributed by atoms with van der Waals surface area (Å²) in [6, 6.07) is 4.47. The molecule has 1 aliphatic rings. The number of carbonyl (C=O) groups is 1. The second-order valence-electron chi connectivity index (χ2n) is 4.53. The van der Waals surface area contributed by atoms with Gasteiger partial charge in [-0.15, -0.1) is 0 Å². The van der Waals surface area contributed by atoms with E-state index in [2.05, 4.69) is 5.32 Å². The summed E-state index contributed by atoms with van der Waals surface area (Å²) in [5.74, 6) is -0.299. The zero-order valence-electron chi connectivity index (χ0n) is 9.09. The van der Waals surface area contributed by atoms with Crippen molar-refractivity contribution >= 4 is 17.5 Å². The summed E-state index contributed by atoms with van der Waals surface area (Å²) in [6.45, 7) is 2.01. The third-order valence-electron chi connectivity index (χ3n) is 3.08. The molecule has 0 spiro atoms. The molecule has 16 heavy (non-hydrogen) atoms. The van der Waals surface area contributed by atoms with Gasteiger partial charge in [0.15, 0.2) is 0 Å². The Morgan fingerprint density at radius 2 is 2.19 bits per heavy atom. The van der Waals surface area contributed by atoms with Crippen LogP contribution in [0.3, 0.4) is 0 Å². The molecule has 0 bridgehead atoms. The first-order valence-corrected chi connectivity index (χ1v) is 5.69. The lowest BCUT2D eigenvalue weighted by Gasteiger charge is -2.39. The van der Waals surface area contributed by atoms with Crippen molar-refractivity contribution in [3.05, 3.63) is 28.8 Å². The van der Waals surface area contributed by atoms with Gasteiger partial charge >= 0.3 is 0 Å². The molecule has 1 saturated carbocycles. The number of phenols is 1. The quantitative estimate of drug-likeness (QED) is 0.834. The summed E-state index contributed by atoms with van der Waals surface area (Å²) in [5.41, 5.74) is 0.117. The maximum atomic E-state index is 11.9. The molecular weight excluding hydrogens is 226 g/mol. The van der Waals surface area contributed by atoms with Crippen LogP contribution in [0, 0.1) is 0 Å².